The van der Waals surface area contributed by atoms with Crippen LogP contribution in [0.4, 0.5) is 5.69 Å². The molecule has 2 N–H and O–H groups in total. The zero-order chi connectivity index (χ0) is 23.8. The molecule has 6 rings (SSSR count). The highest BCUT2D eigenvalue weighted by atomic mass is 16.4. The molecule has 1 amide bonds. The van der Waals surface area contributed by atoms with Crippen LogP contribution >= 0.6 is 0 Å². The Hall–Kier alpha value is -4.97. The third-order valence-corrected chi connectivity index (χ3v) is 5.86. The predicted molar refractivity (Wildman–Crippen MR) is 137 cm³/mol. The molecular weight excluding hydrogens is 438 g/mol. The summed E-state index contributed by atoms with van der Waals surface area (Å²) < 4.78 is 5.46. The quantitative estimate of drug-likeness (QED) is 0.306. The summed E-state index contributed by atoms with van der Waals surface area (Å²) in [4.78, 5) is 33.5. The van der Waals surface area contributed by atoms with Crippen molar-refractivity contribution in [1.82, 2.24) is 9.97 Å². The molecule has 0 bridgehead atoms. The Morgan fingerprint density at radius 2 is 1.60 bits per heavy atom. The first-order valence-corrected chi connectivity index (χ1v) is 11.1. The Bertz CT molecular complexity index is 1750. The first-order chi connectivity index (χ1) is 17.1. The van der Waals surface area contributed by atoms with Crippen molar-refractivity contribution in [1.29, 1.82) is 0 Å². The molecule has 6 nitrogen and oxygen atoms in total. The SMILES string of the molecule is O=C(Nc1cccc(-c2nc3ccccc3[nH]2)c1)c1cccc(-c2cc3ccccc3oc2=O)c1. The maximum Gasteiger partial charge on any atom is 0.344 e. The minimum absolute atomic E-state index is 0.279. The van der Waals surface area contributed by atoms with Gasteiger partial charge < -0.3 is 14.7 Å². The van der Waals surface area contributed by atoms with Crippen molar-refractivity contribution in [2.45, 2.75) is 0 Å². The van der Waals surface area contributed by atoms with Crippen LogP contribution in [-0.2, 0) is 0 Å². The van der Waals surface area contributed by atoms with Gasteiger partial charge in [-0.3, -0.25) is 4.79 Å². The summed E-state index contributed by atoms with van der Waals surface area (Å²) in [5.41, 5.74) is 4.88. The number of imidazole rings is 1. The average molecular weight is 457 g/mol. The normalized spacial score (nSPS) is 11.1. The summed E-state index contributed by atoms with van der Waals surface area (Å²) in [6, 6.07) is 31.4. The number of amides is 1. The van der Waals surface area contributed by atoms with Crippen molar-refractivity contribution in [3.8, 4) is 22.5 Å². The van der Waals surface area contributed by atoms with E-state index in [4.69, 9.17) is 4.42 Å². The van der Waals surface area contributed by atoms with Gasteiger partial charge in [-0.2, -0.15) is 0 Å². The van der Waals surface area contributed by atoms with E-state index in [1.165, 1.54) is 0 Å². The molecule has 4 aromatic carbocycles. The summed E-state index contributed by atoms with van der Waals surface area (Å²) in [5, 5.41) is 3.76. The third kappa shape index (κ3) is 3.98. The van der Waals surface area contributed by atoms with Gasteiger partial charge in [0.1, 0.15) is 11.4 Å². The van der Waals surface area contributed by atoms with Gasteiger partial charge in [0, 0.05) is 22.2 Å². The number of aromatic nitrogens is 2. The molecule has 6 aromatic rings. The van der Waals surface area contributed by atoms with Gasteiger partial charge in [0.25, 0.3) is 5.91 Å². The van der Waals surface area contributed by atoms with Crippen molar-refractivity contribution in [2.24, 2.45) is 0 Å². The van der Waals surface area contributed by atoms with E-state index in [2.05, 4.69) is 15.3 Å². The topological polar surface area (TPSA) is 88.0 Å². The second kappa shape index (κ2) is 8.43. The van der Waals surface area contributed by atoms with Crippen LogP contribution in [0, 0.1) is 0 Å². The molecule has 0 fully saturated rings. The van der Waals surface area contributed by atoms with Crippen molar-refractivity contribution in [3.63, 3.8) is 0 Å². The Labute approximate surface area is 199 Å². The van der Waals surface area contributed by atoms with Crippen molar-refractivity contribution >= 4 is 33.6 Å². The van der Waals surface area contributed by atoms with Gasteiger partial charge in [0.15, 0.2) is 0 Å². The minimum Gasteiger partial charge on any atom is -0.422 e. The van der Waals surface area contributed by atoms with E-state index in [1.807, 2.05) is 66.7 Å². The highest BCUT2D eigenvalue weighted by Gasteiger charge is 2.13. The number of carbonyl (C=O) groups is 1. The third-order valence-electron chi connectivity index (χ3n) is 5.86. The molecule has 35 heavy (non-hydrogen) atoms. The van der Waals surface area contributed by atoms with Crippen LogP contribution in [0.1, 0.15) is 10.4 Å². The van der Waals surface area contributed by atoms with Crippen LogP contribution in [0.5, 0.6) is 0 Å². The summed E-state index contributed by atoms with van der Waals surface area (Å²) in [7, 11) is 0. The van der Waals surface area contributed by atoms with E-state index in [0.29, 0.717) is 28.0 Å². The first kappa shape index (κ1) is 20.6. The number of benzene rings is 4. The highest BCUT2D eigenvalue weighted by molar-refractivity contribution is 6.05. The predicted octanol–water partition coefficient (Wildman–Crippen LogP) is 6.26. The molecule has 0 aliphatic rings. The van der Waals surface area contributed by atoms with Gasteiger partial charge in [-0.1, -0.05) is 54.6 Å². The van der Waals surface area contributed by atoms with E-state index in [9.17, 15) is 9.59 Å². The van der Waals surface area contributed by atoms with Gasteiger partial charge >= 0.3 is 5.63 Å². The number of fused-ring (bicyclic) bond motifs is 2. The average Bonchev–Trinajstić information content (AvgIpc) is 3.33. The smallest absolute Gasteiger partial charge is 0.344 e. The number of anilines is 1. The summed E-state index contributed by atoms with van der Waals surface area (Å²) in [6.45, 7) is 0. The van der Waals surface area contributed by atoms with Crippen molar-refractivity contribution < 1.29 is 9.21 Å². The Morgan fingerprint density at radius 1 is 0.800 bits per heavy atom. The second-order valence-electron chi connectivity index (χ2n) is 8.20. The van der Waals surface area contributed by atoms with Crippen LogP contribution in [-0.4, -0.2) is 15.9 Å². The van der Waals surface area contributed by atoms with Crippen molar-refractivity contribution in [2.75, 3.05) is 5.32 Å². The minimum atomic E-state index is -0.445. The summed E-state index contributed by atoms with van der Waals surface area (Å²) in [5.74, 6) is 0.450. The molecule has 2 heterocycles. The lowest BCUT2D eigenvalue weighted by molar-refractivity contribution is 0.102. The standard InChI is InChI=1S/C29H19N3O3/c33-28(30-22-11-6-9-20(16-22)27-31-24-12-2-3-13-25(24)32-27)21-10-5-8-18(15-21)23-17-19-7-1-4-14-26(19)35-29(23)34/h1-17H,(H,30,33)(H,31,32). The molecule has 0 saturated heterocycles. The molecule has 2 aromatic heterocycles. The zero-order valence-electron chi connectivity index (χ0n) is 18.5. The number of H-pyrrole nitrogens is 1. The Kier molecular flexibility index (Phi) is 4.96. The van der Waals surface area contributed by atoms with Crippen LogP contribution < -0.4 is 10.9 Å². The van der Waals surface area contributed by atoms with Gasteiger partial charge in [-0.05, 0) is 54.1 Å². The largest absolute Gasteiger partial charge is 0.422 e. The molecule has 0 spiro atoms. The lowest BCUT2D eigenvalue weighted by atomic mass is 10.0. The fraction of sp³-hybridized carbons (Fsp3) is 0. The lowest BCUT2D eigenvalue weighted by Gasteiger charge is -2.08. The number of nitrogens with one attached hydrogen (secondary N) is 2. The second-order valence-corrected chi connectivity index (χ2v) is 8.20. The number of para-hydroxylation sites is 3. The monoisotopic (exact) mass is 457 g/mol. The fourth-order valence-electron chi connectivity index (χ4n) is 4.13. The zero-order valence-corrected chi connectivity index (χ0v) is 18.5. The maximum absolute atomic E-state index is 13.0. The highest BCUT2D eigenvalue weighted by Crippen LogP contribution is 2.25. The van der Waals surface area contributed by atoms with Gasteiger partial charge in [-0.25, -0.2) is 9.78 Å². The number of rotatable bonds is 4. The molecule has 0 unspecified atom stereocenters. The molecule has 0 saturated carbocycles. The van der Waals surface area contributed by atoms with E-state index < -0.39 is 5.63 Å². The molecule has 0 aliphatic carbocycles. The van der Waals surface area contributed by atoms with Crippen LogP contribution in [0.3, 0.4) is 0 Å². The number of hydrogen-bond acceptors (Lipinski definition) is 4. The molecule has 0 aliphatic heterocycles. The van der Waals surface area contributed by atoms with Gasteiger partial charge in [-0.15, -0.1) is 0 Å². The lowest BCUT2D eigenvalue weighted by Crippen LogP contribution is -2.12. The molecule has 0 atom stereocenters. The number of hydrogen-bond donors (Lipinski definition) is 2. The molecule has 0 radical (unpaired) electrons. The number of aromatic amines is 1. The van der Waals surface area contributed by atoms with E-state index >= 15 is 0 Å². The maximum atomic E-state index is 13.0. The van der Waals surface area contributed by atoms with Crippen LogP contribution in [0.15, 0.2) is 112 Å². The van der Waals surface area contributed by atoms with E-state index in [0.717, 1.165) is 27.8 Å². The number of carbonyl (C=O) groups excluding carboxylic acids is 1. The van der Waals surface area contributed by atoms with Crippen molar-refractivity contribution in [3.05, 3.63) is 119 Å². The molecular formula is C29H19N3O3. The van der Waals surface area contributed by atoms with Crippen LogP contribution in [0.2, 0.25) is 0 Å². The van der Waals surface area contributed by atoms with E-state index in [-0.39, 0.29) is 5.91 Å². The molecule has 6 heteroatoms. The van der Waals surface area contributed by atoms with Gasteiger partial charge in [0.05, 0.1) is 16.6 Å². The van der Waals surface area contributed by atoms with Gasteiger partial charge in [0.2, 0.25) is 0 Å². The fourth-order valence-corrected chi connectivity index (χ4v) is 4.13. The first-order valence-electron chi connectivity index (χ1n) is 11.1. The summed E-state index contributed by atoms with van der Waals surface area (Å²) >= 11 is 0. The summed E-state index contributed by atoms with van der Waals surface area (Å²) in [6.07, 6.45) is 0. The Morgan fingerprint density at radius 3 is 2.51 bits per heavy atom. The molecule has 168 valence electrons. The Balaban J connectivity index is 1.28. The van der Waals surface area contributed by atoms with E-state index in [1.54, 1.807) is 36.4 Å². The number of nitrogens with zero attached hydrogens (tertiary/aromatic N) is 1. The van der Waals surface area contributed by atoms with Crippen LogP contribution in [0.25, 0.3) is 44.5 Å².